The molecule has 0 amide bonds. The van der Waals surface area contributed by atoms with E-state index in [9.17, 15) is 8.42 Å². The van der Waals surface area contributed by atoms with Gasteiger partial charge in [-0.1, -0.05) is 0 Å². The Balaban J connectivity index is 4.28. The number of nitriles is 1. The molecule has 9 heavy (non-hydrogen) atoms. The van der Waals surface area contributed by atoms with Crippen LogP contribution in [-0.4, -0.2) is 20.4 Å². The lowest BCUT2D eigenvalue weighted by molar-refractivity contribution is 0.601. The third-order valence-corrected chi connectivity index (χ3v) is 1.54. The lowest BCUT2D eigenvalue weighted by Gasteiger charge is -1.84. The van der Waals surface area contributed by atoms with Crippen molar-refractivity contribution in [1.29, 1.82) is 5.26 Å². The maximum Gasteiger partial charge on any atom is 0.266 e. The number of hydrogen-bond donors (Lipinski definition) is 0. The number of sulfonamides is 1. The Morgan fingerprint density at radius 3 is 2.67 bits per heavy atom. The first-order valence-electron chi connectivity index (χ1n) is 2.22. The van der Waals surface area contributed by atoms with Gasteiger partial charge in [0.1, 0.15) is 0 Å². The summed E-state index contributed by atoms with van der Waals surface area (Å²) in [4.78, 5) is 0. The highest BCUT2D eigenvalue weighted by Gasteiger charge is 2.02. The van der Waals surface area contributed by atoms with E-state index in [1.165, 1.54) is 13.0 Å². The van der Waals surface area contributed by atoms with Crippen molar-refractivity contribution < 1.29 is 8.42 Å². The molecule has 0 unspecified atom stereocenters. The lowest BCUT2D eigenvalue weighted by Crippen LogP contribution is -1.98. The minimum atomic E-state index is -3.47. The molecule has 50 valence electrons. The molecular weight excluding hydrogens is 140 g/mol. The average Bonchev–Trinajstić information content (AvgIpc) is 1.64. The van der Waals surface area contributed by atoms with Crippen molar-refractivity contribution in [3.8, 4) is 6.07 Å². The summed E-state index contributed by atoms with van der Waals surface area (Å²) in [7, 11) is -3.47. The molecule has 0 atom stereocenters. The Bertz CT molecular complexity index is 234. The van der Waals surface area contributed by atoms with Crippen molar-refractivity contribution in [3.05, 3.63) is 0 Å². The number of nitrogens with zero attached hydrogens (tertiary/aromatic N) is 2. The maximum atomic E-state index is 10.4. The topological polar surface area (TPSA) is 70.3 Å². The third-order valence-electron chi connectivity index (χ3n) is 0.513. The van der Waals surface area contributed by atoms with Crippen LogP contribution in [0.1, 0.15) is 6.92 Å². The fourth-order valence-corrected chi connectivity index (χ4v) is 0.838. The Hall–Kier alpha value is -0.890. The highest BCUT2D eigenvalue weighted by atomic mass is 32.2. The predicted octanol–water partition coefficient (Wildman–Crippen LogP) is -0.0695. The summed E-state index contributed by atoms with van der Waals surface area (Å²) >= 11 is 0. The first-order valence-corrected chi connectivity index (χ1v) is 3.83. The van der Waals surface area contributed by atoms with Gasteiger partial charge in [0.25, 0.3) is 10.0 Å². The van der Waals surface area contributed by atoms with Gasteiger partial charge in [-0.2, -0.15) is 9.66 Å². The molecule has 0 aliphatic carbocycles. The summed E-state index contributed by atoms with van der Waals surface area (Å²) in [6.45, 7) is 1.48. The fourth-order valence-electron chi connectivity index (χ4n) is 0.279. The quantitative estimate of drug-likeness (QED) is 0.512. The van der Waals surface area contributed by atoms with Crippen LogP contribution in [0.3, 0.4) is 0 Å². The van der Waals surface area contributed by atoms with Crippen molar-refractivity contribution in [1.82, 2.24) is 0 Å². The molecule has 0 aromatic heterocycles. The van der Waals surface area contributed by atoms with Crippen molar-refractivity contribution >= 4 is 16.2 Å². The summed E-state index contributed by atoms with van der Waals surface area (Å²) in [6, 6.07) is 1.49. The van der Waals surface area contributed by atoms with E-state index in [2.05, 4.69) is 4.40 Å². The highest BCUT2D eigenvalue weighted by Crippen LogP contribution is 1.87. The van der Waals surface area contributed by atoms with Crippen molar-refractivity contribution in [2.24, 2.45) is 4.40 Å². The first kappa shape index (κ1) is 8.11. The standard InChI is InChI=1S/C4H6N2O2S/c1-2-6-9(7,8)4-3-5/h2H,4H2,1H3. The van der Waals surface area contributed by atoms with Crippen molar-refractivity contribution in [2.75, 3.05) is 5.75 Å². The normalized spacial score (nSPS) is 11.6. The van der Waals surface area contributed by atoms with E-state index in [1.807, 2.05) is 0 Å². The van der Waals surface area contributed by atoms with E-state index < -0.39 is 15.8 Å². The molecule has 4 nitrogen and oxygen atoms in total. The highest BCUT2D eigenvalue weighted by molar-refractivity contribution is 7.90. The molecule has 0 spiro atoms. The summed E-state index contributed by atoms with van der Waals surface area (Å²) in [6.07, 6.45) is 1.15. The van der Waals surface area contributed by atoms with Gasteiger partial charge < -0.3 is 0 Å². The third kappa shape index (κ3) is 3.67. The Morgan fingerprint density at radius 1 is 1.78 bits per heavy atom. The van der Waals surface area contributed by atoms with Crippen LogP contribution in [-0.2, 0) is 10.0 Å². The first-order chi connectivity index (χ1) is 4.12. The van der Waals surface area contributed by atoms with Crippen LogP contribution < -0.4 is 0 Å². The van der Waals surface area contributed by atoms with Crippen LogP contribution in [0.25, 0.3) is 0 Å². The van der Waals surface area contributed by atoms with Gasteiger partial charge in [0.05, 0.1) is 6.07 Å². The van der Waals surface area contributed by atoms with E-state index in [0.29, 0.717) is 0 Å². The van der Waals surface area contributed by atoms with Gasteiger partial charge in [0.2, 0.25) is 0 Å². The van der Waals surface area contributed by atoms with Crippen LogP contribution in [0.5, 0.6) is 0 Å². The number of hydrogen-bond acceptors (Lipinski definition) is 3. The summed E-state index contributed by atoms with van der Waals surface area (Å²) in [5.41, 5.74) is 0. The SMILES string of the molecule is CC=NS(=O)(=O)CC#N. The minimum absolute atomic E-state index is 0.544. The van der Waals surface area contributed by atoms with Gasteiger partial charge in [-0.15, -0.1) is 0 Å². The fraction of sp³-hybridized carbons (Fsp3) is 0.500. The van der Waals surface area contributed by atoms with Crippen molar-refractivity contribution in [2.45, 2.75) is 6.92 Å². The molecule has 0 aromatic rings. The van der Waals surface area contributed by atoms with Crippen LogP contribution >= 0.6 is 0 Å². The second-order valence-corrected chi connectivity index (χ2v) is 2.91. The van der Waals surface area contributed by atoms with Crippen LogP contribution in [0.15, 0.2) is 4.40 Å². The molecule has 0 radical (unpaired) electrons. The van der Waals surface area contributed by atoms with E-state index in [1.54, 1.807) is 0 Å². The van der Waals surface area contributed by atoms with Crippen LogP contribution in [0, 0.1) is 11.3 Å². The monoisotopic (exact) mass is 146 g/mol. The molecule has 0 heterocycles. The van der Waals surface area contributed by atoms with E-state index >= 15 is 0 Å². The van der Waals surface area contributed by atoms with Crippen molar-refractivity contribution in [3.63, 3.8) is 0 Å². The summed E-state index contributed by atoms with van der Waals surface area (Å²) in [5.74, 6) is -0.544. The zero-order valence-corrected chi connectivity index (χ0v) is 5.72. The average molecular weight is 146 g/mol. The van der Waals surface area contributed by atoms with E-state index in [4.69, 9.17) is 5.26 Å². The second-order valence-electron chi connectivity index (χ2n) is 1.25. The lowest BCUT2D eigenvalue weighted by atomic mass is 10.9. The molecule has 5 heteroatoms. The van der Waals surface area contributed by atoms with Crippen LogP contribution in [0.2, 0.25) is 0 Å². The van der Waals surface area contributed by atoms with E-state index in [0.717, 1.165) is 6.21 Å². The Morgan fingerprint density at radius 2 is 2.33 bits per heavy atom. The van der Waals surface area contributed by atoms with Gasteiger partial charge in [-0.3, -0.25) is 0 Å². The summed E-state index contributed by atoms with van der Waals surface area (Å²) in [5, 5.41) is 7.93. The molecule has 0 bridgehead atoms. The maximum absolute atomic E-state index is 10.4. The predicted molar refractivity (Wildman–Crippen MR) is 33.6 cm³/mol. The molecule has 0 saturated carbocycles. The second kappa shape index (κ2) is 3.20. The summed E-state index contributed by atoms with van der Waals surface area (Å²) < 4.78 is 23.9. The van der Waals surface area contributed by atoms with Gasteiger partial charge >= 0.3 is 0 Å². The largest absolute Gasteiger partial charge is 0.266 e. The Labute approximate surface area is 53.9 Å². The van der Waals surface area contributed by atoms with E-state index in [-0.39, 0.29) is 0 Å². The smallest absolute Gasteiger partial charge is 0.204 e. The zero-order valence-electron chi connectivity index (χ0n) is 4.90. The van der Waals surface area contributed by atoms with Gasteiger partial charge in [-0.05, 0) is 6.92 Å². The minimum Gasteiger partial charge on any atom is -0.204 e. The van der Waals surface area contributed by atoms with Gasteiger partial charge in [0.15, 0.2) is 5.75 Å². The van der Waals surface area contributed by atoms with Gasteiger partial charge in [-0.25, -0.2) is 8.42 Å². The molecule has 0 rings (SSSR count). The molecule has 0 aliphatic heterocycles. The molecular formula is C4H6N2O2S. The van der Waals surface area contributed by atoms with Crippen LogP contribution in [0.4, 0.5) is 0 Å². The van der Waals surface area contributed by atoms with Gasteiger partial charge in [0, 0.05) is 6.21 Å². The molecule has 0 saturated heterocycles. The molecule has 0 fully saturated rings. The Kier molecular flexibility index (Phi) is 2.88. The number of rotatable bonds is 2. The molecule has 0 N–H and O–H groups in total. The molecule has 0 aromatic carbocycles. The molecule has 0 aliphatic rings. The zero-order chi connectivity index (χ0) is 7.33.